The van der Waals surface area contributed by atoms with Crippen LogP contribution in [-0.2, 0) is 6.54 Å². The summed E-state index contributed by atoms with van der Waals surface area (Å²) in [6.07, 6.45) is 5.72. The molecule has 0 aromatic carbocycles. The third-order valence-electron chi connectivity index (χ3n) is 2.30. The van der Waals surface area contributed by atoms with E-state index in [9.17, 15) is 0 Å². The Labute approximate surface area is 90.2 Å². The minimum Gasteiger partial charge on any atom is -0.323 e. The van der Waals surface area contributed by atoms with Gasteiger partial charge in [0.15, 0.2) is 0 Å². The Balaban J connectivity index is 2.42. The monoisotopic (exact) mass is 209 g/mol. The molecule has 0 saturated carbocycles. The lowest BCUT2D eigenvalue weighted by Crippen LogP contribution is -2.05. The molecule has 0 aliphatic carbocycles. The molecular formula is C10H15N3S. The van der Waals surface area contributed by atoms with Gasteiger partial charge in [-0.25, -0.2) is 4.98 Å². The average Bonchev–Trinajstić information content (AvgIpc) is 2.62. The predicted octanol–water partition coefficient (Wildman–Crippen LogP) is 2.10. The van der Waals surface area contributed by atoms with Crippen LogP contribution in [-0.4, -0.2) is 15.3 Å². The second kappa shape index (κ2) is 5.71. The van der Waals surface area contributed by atoms with Gasteiger partial charge < -0.3 is 4.57 Å². The minimum atomic E-state index is 0.503. The van der Waals surface area contributed by atoms with Gasteiger partial charge in [-0.3, -0.25) is 0 Å². The molecule has 0 saturated heterocycles. The Kier molecular flexibility index (Phi) is 4.54. The van der Waals surface area contributed by atoms with Crippen LogP contribution in [0, 0.1) is 17.2 Å². The van der Waals surface area contributed by atoms with Gasteiger partial charge in [-0.15, -0.1) is 0 Å². The van der Waals surface area contributed by atoms with Crippen LogP contribution >= 0.6 is 12.6 Å². The molecule has 14 heavy (non-hydrogen) atoms. The summed E-state index contributed by atoms with van der Waals surface area (Å²) < 4.78 is 1.90. The Morgan fingerprint density at radius 2 is 2.43 bits per heavy atom. The van der Waals surface area contributed by atoms with E-state index in [4.69, 9.17) is 5.26 Å². The highest BCUT2D eigenvalue weighted by atomic mass is 32.1. The first-order valence-electron chi connectivity index (χ1n) is 4.80. The van der Waals surface area contributed by atoms with E-state index in [0.717, 1.165) is 25.1 Å². The number of imidazole rings is 1. The summed E-state index contributed by atoms with van der Waals surface area (Å²) in [5, 5.41) is 8.73. The van der Waals surface area contributed by atoms with Crippen molar-refractivity contribution in [3.63, 3.8) is 0 Å². The molecule has 0 spiro atoms. The smallest absolute Gasteiger partial charge is 0.212 e. The number of nitrogens with zero attached hydrogens (tertiary/aromatic N) is 3. The van der Waals surface area contributed by atoms with Crippen molar-refractivity contribution in [2.45, 2.75) is 26.3 Å². The van der Waals surface area contributed by atoms with Crippen LogP contribution in [0.2, 0.25) is 0 Å². The molecule has 1 unspecified atom stereocenters. The van der Waals surface area contributed by atoms with E-state index >= 15 is 0 Å². The van der Waals surface area contributed by atoms with Gasteiger partial charge in [-0.2, -0.15) is 17.9 Å². The molecule has 0 N–H and O–H groups in total. The van der Waals surface area contributed by atoms with Crippen LogP contribution in [0.4, 0.5) is 0 Å². The first-order chi connectivity index (χ1) is 6.77. The van der Waals surface area contributed by atoms with E-state index in [1.165, 1.54) is 0 Å². The fraction of sp³-hybridized carbons (Fsp3) is 0.600. The van der Waals surface area contributed by atoms with Crippen molar-refractivity contribution in [2.24, 2.45) is 5.92 Å². The second-order valence-corrected chi connectivity index (χ2v) is 3.91. The quantitative estimate of drug-likeness (QED) is 0.755. The summed E-state index contributed by atoms with van der Waals surface area (Å²) in [4.78, 5) is 3.95. The summed E-state index contributed by atoms with van der Waals surface area (Å²) in [5.41, 5.74) is 0. The van der Waals surface area contributed by atoms with Crippen molar-refractivity contribution < 1.29 is 0 Å². The van der Waals surface area contributed by atoms with E-state index in [1.54, 1.807) is 6.20 Å². The van der Waals surface area contributed by atoms with E-state index in [0.29, 0.717) is 11.7 Å². The van der Waals surface area contributed by atoms with Crippen molar-refractivity contribution in [3.05, 3.63) is 18.2 Å². The number of aryl methyl sites for hydroxylation is 1. The van der Waals surface area contributed by atoms with Crippen molar-refractivity contribution in [1.82, 2.24) is 9.55 Å². The van der Waals surface area contributed by atoms with E-state index in [2.05, 4.69) is 30.6 Å². The lowest BCUT2D eigenvalue weighted by Gasteiger charge is -2.10. The third kappa shape index (κ3) is 3.08. The SMILES string of the molecule is CC(CCS)CCn1ccnc1C#N. The highest BCUT2D eigenvalue weighted by Gasteiger charge is 2.04. The van der Waals surface area contributed by atoms with Crippen LogP contribution in [0.15, 0.2) is 12.4 Å². The van der Waals surface area contributed by atoms with Gasteiger partial charge in [0.25, 0.3) is 0 Å². The summed E-state index contributed by atoms with van der Waals surface area (Å²) in [6, 6.07) is 2.07. The van der Waals surface area contributed by atoms with Crippen molar-refractivity contribution in [2.75, 3.05) is 5.75 Å². The predicted molar refractivity (Wildman–Crippen MR) is 59.2 cm³/mol. The van der Waals surface area contributed by atoms with Crippen LogP contribution in [0.5, 0.6) is 0 Å². The van der Waals surface area contributed by atoms with Crippen LogP contribution < -0.4 is 0 Å². The zero-order valence-electron chi connectivity index (χ0n) is 8.35. The van der Waals surface area contributed by atoms with Gasteiger partial charge >= 0.3 is 0 Å². The maximum absolute atomic E-state index is 8.73. The average molecular weight is 209 g/mol. The van der Waals surface area contributed by atoms with Gasteiger partial charge in [0.2, 0.25) is 5.82 Å². The molecule has 76 valence electrons. The molecule has 0 aliphatic rings. The molecule has 1 aromatic heterocycles. The first kappa shape index (κ1) is 11.1. The molecule has 3 nitrogen and oxygen atoms in total. The molecule has 0 amide bonds. The molecule has 0 fully saturated rings. The highest BCUT2D eigenvalue weighted by molar-refractivity contribution is 7.80. The molecule has 1 aromatic rings. The molecule has 4 heteroatoms. The Morgan fingerprint density at radius 1 is 1.64 bits per heavy atom. The molecule has 1 rings (SSSR count). The number of nitriles is 1. The number of thiol groups is 1. The van der Waals surface area contributed by atoms with Crippen LogP contribution in [0.25, 0.3) is 0 Å². The first-order valence-corrected chi connectivity index (χ1v) is 5.43. The Hall–Kier alpha value is -0.950. The molecule has 0 aliphatic heterocycles. The lowest BCUT2D eigenvalue weighted by atomic mass is 10.1. The topological polar surface area (TPSA) is 41.6 Å². The van der Waals surface area contributed by atoms with Gasteiger partial charge in [0.05, 0.1) is 0 Å². The second-order valence-electron chi connectivity index (χ2n) is 3.46. The maximum atomic E-state index is 8.73. The summed E-state index contributed by atoms with van der Waals surface area (Å²) in [7, 11) is 0. The van der Waals surface area contributed by atoms with Crippen LogP contribution in [0.1, 0.15) is 25.6 Å². The highest BCUT2D eigenvalue weighted by Crippen LogP contribution is 2.10. The van der Waals surface area contributed by atoms with Gasteiger partial charge in [0.1, 0.15) is 6.07 Å². The van der Waals surface area contributed by atoms with Gasteiger partial charge in [-0.05, 0) is 24.5 Å². The number of rotatable bonds is 5. The van der Waals surface area contributed by atoms with Crippen LogP contribution in [0.3, 0.4) is 0 Å². The van der Waals surface area contributed by atoms with Gasteiger partial charge in [-0.1, -0.05) is 6.92 Å². The van der Waals surface area contributed by atoms with E-state index < -0.39 is 0 Å². The maximum Gasteiger partial charge on any atom is 0.212 e. The number of aromatic nitrogens is 2. The van der Waals surface area contributed by atoms with Crippen molar-refractivity contribution >= 4 is 12.6 Å². The van der Waals surface area contributed by atoms with Gasteiger partial charge in [0, 0.05) is 18.9 Å². The fourth-order valence-electron chi connectivity index (χ4n) is 1.33. The zero-order chi connectivity index (χ0) is 10.4. The fourth-order valence-corrected chi connectivity index (χ4v) is 1.77. The Bertz CT molecular complexity index is 313. The summed E-state index contributed by atoms with van der Waals surface area (Å²) in [6.45, 7) is 3.08. The summed E-state index contributed by atoms with van der Waals surface area (Å²) >= 11 is 4.20. The number of hydrogen-bond acceptors (Lipinski definition) is 3. The molecule has 1 heterocycles. The number of hydrogen-bond donors (Lipinski definition) is 1. The third-order valence-corrected chi connectivity index (χ3v) is 2.56. The van der Waals surface area contributed by atoms with E-state index in [-0.39, 0.29) is 0 Å². The molecular weight excluding hydrogens is 194 g/mol. The van der Waals surface area contributed by atoms with Crippen molar-refractivity contribution in [3.8, 4) is 6.07 Å². The Morgan fingerprint density at radius 3 is 3.07 bits per heavy atom. The lowest BCUT2D eigenvalue weighted by molar-refractivity contribution is 0.470. The molecule has 0 bridgehead atoms. The summed E-state index contributed by atoms with van der Waals surface area (Å²) in [5.74, 6) is 2.08. The molecule has 0 radical (unpaired) electrons. The largest absolute Gasteiger partial charge is 0.323 e. The van der Waals surface area contributed by atoms with E-state index in [1.807, 2.05) is 10.8 Å². The zero-order valence-corrected chi connectivity index (χ0v) is 9.24. The molecule has 1 atom stereocenters. The normalized spacial score (nSPS) is 12.4. The van der Waals surface area contributed by atoms with Crippen molar-refractivity contribution in [1.29, 1.82) is 5.26 Å². The standard InChI is InChI=1S/C10H15N3S/c1-9(3-7-14)2-5-13-6-4-12-10(13)8-11/h4,6,9,14H,2-3,5,7H2,1H3. The minimum absolute atomic E-state index is 0.503.